The molecule has 70 valence electrons. The van der Waals surface area contributed by atoms with Gasteiger partial charge in [-0.15, -0.1) is 0 Å². The van der Waals surface area contributed by atoms with Crippen LogP contribution in [0.15, 0.2) is 24.3 Å². The molecule has 0 saturated carbocycles. The van der Waals surface area contributed by atoms with Crippen LogP contribution in [0.1, 0.15) is 18.9 Å². The molecule has 0 unspecified atom stereocenters. The highest BCUT2D eigenvalue weighted by Crippen LogP contribution is 2.17. The molecule has 0 fully saturated rings. The van der Waals surface area contributed by atoms with Gasteiger partial charge < -0.3 is 10.5 Å². The van der Waals surface area contributed by atoms with E-state index in [0.29, 0.717) is 18.7 Å². The van der Waals surface area contributed by atoms with E-state index in [-0.39, 0.29) is 5.97 Å². The molecular weight excluding hydrogens is 166 g/mol. The maximum atomic E-state index is 11.0. The summed E-state index contributed by atoms with van der Waals surface area (Å²) in [6.07, 6.45) is 0.374. The Morgan fingerprint density at radius 2 is 2.15 bits per heavy atom. The van der Waals surface area contributed by atoms with E-state index in [1.54, 1.807) is 13.0 Å². The molecule has 3 nitrogen and oxygen atoms in total. The van der Waals surface area contributed by atoms with Gasteiger partial charge in [0.1, 0.15) is 5.75 Å². The second kappa shape index (κ2) is 4.62. The Morgan fingerprint density at radius 1 is 1.46 bits per heavy atom. The first-order valence-electron chi connectivity index (χ1n) is 4.26. The van der Waals surface area contributed by atoms with Gasteiger partial charge in [0.15, 0.2) is 0 Å². The van der Waals surface area contributed by atoms with Crippen LogP contribution in [-0.4, -0.2) is 5.97 Å². The van der Waals surface area contributed by atoms with Gasteiger partial charge >= 0.3 is 5.97 Å². The lowest BCUT2D eigenvalue weighted by molar-refractivity contribution is -0.134. The first-order chi connectivity index (χ1) is 6.27. The summed E-state index contributed by atoms with van der Waals surface area (Å²) < 4.78 is 5.07. The van der Waals surface area contributed by atoms with Crippen LogP contribution in [0.3, 0.4) is 0 Å². The standard InChI is InChI=1S/C10H13NO2/c1-2-10(12)13-9-6-4-3-5-8(9)7-11/h3-6H,2,7,11H2,1H3. The summed E-state index contributed by atoms with van der Waals surface area (Å²) in [5.74, 6) is 0.331. The molecule has 0 radical (unpaired) electrons. The molecule has 0 spiro atoms. The van der Waals surface area contributed by atoms with E-state index in [2.05, 4.69) is 0 Å². The Morgan fingerprint density at radius 3 is 2.77 bits per heavy atom. The molecule has 0 aliphatic rings. The van der Waals surface area contributed by atoms with Gasteiger partial charge in [0.05, 0.1) is 0 Å². The largest absolute Gasteiger partial charge is 0.426 e. The number of benzene rings is 1. The Balaban J connectivity index is 2.81. The molecule has 3 heteroatoms. The highest BCUT2D eigenvalue weighted by Gasteiger charge is 2.04. The molecule has 1 rings (SSSR count). The van der Waals surface area contributed by atoms with E-state index in [1.165, 1.54) is 0 Å². The number of nitrogens with two attached hydrogens (primary N) is 1. The number of hydrogen-bond acceptors (Lipinski definition) is 3. The molecule has 1 aromatic rings. The van der Waals surface area contributed by atoms with Crippen LogP contribution < -0.4 is 10.5 Å². The SMILES string of the molecule is CCC(=O)Oc1ccccc1CN. The average Bonchev–Trinajstić information content (AvgIpc) is 2.18. The average molecular weight is 179 g/mol. The minimum atomic E-state index is -0.235. The van der Waals surface area contributed by atoms with Gasteiger partial charge in [-0.05, 0) is 6.07 Å². The number of carbonyl (C=O) groups excluding carboxylic acids is 1. The normalized spacial score (nSPS) is 9.69. The molecule has 0 amide bonds. The molecule has 1 aromatic carbocycles. The van der Waals surface area contributed by atoms with Crippen molar-refractivity contribution in [1.82, 2.24) is 0 Å². The van der Waals surface area contributed by atoms with Crippen molar-refractivity contribution in [3.63, 3.8) is 0 Å². The monoisotopic (exact) mass is 179 g/mol. The van der Waals surface area contributed by atoms with E-state index in [9.17, 15) is 4.79 Å². The molecule has 0 heterocycles. The number of esters is 1. The van der Waals surface area contributed by atoms with Crippen molar-refractivity contribution < 1.29 is 9.53 Å². The van der Waals surface area contributed by atoms with E-state index in [1.807, 2.05) is 18.2 Å². The van der Waals surface area contributed by atoms with Gasteiger partial charge in [0, 0.05) is 18.5 Å². The van der Waals surface area contributed by atoms with E-state index in [4.69, 9.17) is 10.5 Å². The fourth-order valence-corrected chi connectivity index (χ4v) is 0.967. The van der Waals surface area contributed by atoms with Gasteiger partial charge in [-0.2, -0.15) is 0 Å². The van der Waals surface area contributed by atoms with Crippen LogP contribution in [0.5, 0.6) is 5.75 Å². The van der Waals surface area contributed by atoms with Crippen LogP contribution in [-0.2, 0) is 11.3 Å². The molecule has 0 saturated heterocycles. The van der Waals surface area contributed by atoms with Crippen molar-refractivity contribution in [2.24, 2.45) is 5.73 Å². The maximum absolute atomic E-state index is 11.0. The van der Waals surface area contributed by atoms with Crippen molar-refractivity contribution in [3.05, 3.63) is 29.8 Å². The number of hydrogen-bond donors (Lipinski definition) is 1. The van der Waals surface area contributed by atoms with E-state index < -0.39 is 0 Å². The predicted octanol–water partition coefficient (Wildman–Crippen LogP) is 1.46. The maximum Gasteiger partial charge on any atom is 0.310 e. The fraction of sp³-hybridized carbons (Fsp3) is 0.300. The Bertz CT molecular complexity index is 297. The molecule has 0 aliphatic carbocycles. The van der Waals surface area contributed by atoms with E-state index >= 15 is 0 Å². The van der Waals surface area contributed by atoms with Crippen molar-refractivity contribution in [2.45, 2.75) is 19.9 Å². The summed E-state index contributed by atoms with van der Waals surface area (Å²) in [4.78, 5) is 11.0. The summed E-state index contributed by atoms with van der Waals surface area (Å²) in [7, 11) is 0. The van der Waals surface area contributed by atoms with Gasteiger partial charge in [0.2, 0.25) is 0 Å². The third-order valence-electron chi connectivity index (χ3n) is 1.70. The minimum absolute atomic E-state index is 0.235. The smallest absolute Gasteiger partial charge is 0.310 e. The fourth-order valence-electron chi connectivity index (χ4n) is 0.967. The highest BCUT2D eigenvalue weighted by molar-refractivity contribution is 5.72. The van der Waals surface area contributed by atoms with Crippen molar-refractivity contribution in [2.75, 3.05) is 0 Å². The van der Waals surface area contributed by atoms with Crippen molar-refractivity contribution in [3.8, 4) is 5.75 Å². The second-order valence-electron chi connectivity index (χ2n) is 2.64. The van der Waals surface area contributed by atoms with Crippen molar-refractivity contribution in [1.29, 1.82) is 0 Å². The summed E-state index contributed by atoms with van der Waals surface area (Å²) >= 11 is 0. The number of para-hydroxylation sites is 1. The first kappa shape index (κ1) is 9.74. The van der Waals surface area contributed by atoms with Crippen LogP contribution in [0.2, 0.25) is 0 Å². The van der Waals surface area contributed by atoms with Crippen LogP contribution in [0.4, 0.5) is 0 Å². The van der Waals surface area contributed by atoms with Crippen LogP contribution >= 0.6 is 0 Å². The van der Waals surface area contributed by atoms with Crippen molar-refractivity contribution >= 4 is 5.97 Å². The Labute approximate surface area is 77.5 Å². The number of ether oxygens (including phenoxy) is 1. The van der Waals surface area contributed by atoms with E-state index in [0.717, 1.165) is 5.56 Å². The lowest BCUT2D eigenvalue weighted by Crippen LogP contribution is -2.08. The topological polar surface area (TPSA) is 52.3 Å². The molecule has 0 aromatic heterocycles. The van der Waals surface area contributed by atoms with Gasteiger partial charge in [-0.1, -0.05) is 25.1 Å². The lowest BCUT2D eigenvalue weighted by atomic mass is 10.2. The zero-order valence-corrected chi connectivity index (χ0v) is 7.62. The van der Waals surface area contributed by atoms with Crippen LogP contribution in [0.25, 0.3) is 0 Å². The number of rotatable bonds is 3. The predicted molar refractivity (Wildman–Crippen MR) is 50.3 cm³/mol. The summed E-state index contributed by atoms with van der Waals surface area (Å²) in [5.41, 5.74) is 6.33. The molecular formula is C10H13NO2. The summed E-state index contributed by atoms with van der Waals surface area (Å²) in [6.45, 7) is 2.14. The zero-order chi connectivity index (χ0) is 9.68. The lowest BCUT2D eigenvalue weighted by Gasteiger charge is -2.06. The third-order valence-corrected chi connectivity index (χ3v) is 1.70. The Hall–Kier alpha value is -1.35. The van der Waals surface area contributed by atoms with Gasteiger partial charge in [-0.25, -0.2) is 0 Å². The second-order valence-corrected chi connectivity index (χ2v) is 2.64. The van der Waals surface area contributed by atoms with Gasteiger partial charge in [-0.3, -0.25) is 4.79 Å². The molecule has 0 atom stereocenters. The molecule has 13 heavy (non-hydrogen) atoms. The molecule has 0 aliphatic heterocycles. The highest BCUT2D eigenvalue weighted by atomic mass is 16.5. The minimum Gasteiger partial charge on any atom is -0.426 e. The number of carbonyl (C=O) groups is 1. The first-order valence-corrected chi connectivity index (χ1v) is 4.26. The van der Waals surface area contributed by atoms with Crippen LogP contribution in [0, 0.1) is 0 Å². The molecule has 0 bridgehead atoms. The van der Waals surface area contributed by atoms with Gasteiger partial charge in [0.25, 0.3) is 0 Å². The Kier molecular flexibility index (Phi) is 3.46. The summed E-state index contributed by atoms with van der Waals surface area (Å²) in [6, 6.07) is 7.27. The quantitative estimate of drug-likeness (QED) is 0.564. The summed E-state index contributed by atoms with van der Waals surface area (Å²) in [5, 5.41) is 0. The zero-order valence-electron chi connectivity index (χ0n) is 7.62. The third kappa shape index (κ3) is 2.56. The molecule has 2 N–H and O–H groups in total.